The second-order valence-electron chi connectivity index (χ2n) is 5.67. The second kappa shape index (κ2) is 7.26. The molecule has 0 saturated carbocycles. The number of rotatable bonds is 5. The monoisotopic (exact) mass is 354 g/mol. The number of aromatic amines is 1. The molecule has 0 spiro atoms. The first-order chi connectivity index (χ1) is 12.0. The van der Waals surface area contributed by atoms with E-state index >= 15 is 0 Å². The molecule has 0 radical (unpaired) electrons. The molecule has 0 aliphatic carbocycles. The van der Waals surface area contributed by atoms with Crippen molar-refractivity contribution in [3.05, 3.63) is 68.5 Å². The lowest BCUT2D eigenvalue weighted by Crippen LogP contribution is -2.34. The first-order valence-electron chi connectivity index (χ1n) is 7.61. The van der Waals surface area contributed by atoms with Crippen LogP contribution in [-0.4, -0.2) is 33.5 Å². The lowest BCUT2D eigenvalue weighted by atomic mass is 10.1. The Bertz CT molecular complexity index is 866. The van der Waals surface area contributed by atoms with Crippen molar-refractivity contribution in [2.24, 2.45) is 0 Å². The highest BCUT2D eigenvalue weighted by molar-refractivity contribution is 5.15. The van der Waals surface area contributed by atoms with Crippen LogP contribution in [0.5, 0.6) is 0 Å². The van der Waals surface area contributed by atoms with Gasteiger partial charge in [0, 0.05) is 6.42 Å². The number of ether oxygens (including phenoxy) is 2. The number of benzene rings is 1. The fraction of sp³-hybridized carbons (Fsp3) is 0.375. The summed E-state index contributed by atoms with van der Waals surface area (Å²) in [7, 11) is 0. The van der Waals surface area contributed by atoms with Crippen LogP contribution in [0.15, 0.2) is 40.1 Å². The van der Waals surface area contributed by atoms with Crippen molar-refractivity contribution in [1.29, 1.82) is 0 Å². The van der Waals surface area contributed by atoms with E-state index in [1.165, 1.54) is 12.1 Å². The van der Waals surface area contributed by atoms with E-state index < -0.39 is 41.3 Å². The number of H-pyrrole nitrogens is 1. The first-order valence-corrected chi connectivity index (χ1v) is 7.61. The number of nitrogens with one attached hydrogen (secondary N) is 1. The number of nitrogens with zero attached hydrogens (tertiary/aromatic N) is 1. The van der Waals surface area contributed by atoms with E-state index in [1.54, 1.807) is 12.1 Å². The predicted molar refractivity (Wildman–Crippen MR) is 81.9 cm³/mol. The molecule has 0 unspecified atom stereocenters. The van der Waals surface area contributed by atoms with Crippen LogP contribution in [0.3, 0.4) is 0 Å². The average molecular weight is 354 g/mol. The van der Waals surface area contributed by atoms with Gasteiger partial charge in [-0.25, -0.2) is 9.18 Å². The SMILES string of the molecule is O=c1[nH]c(=O)n([C@H]2C[C@H](OCc3cccc(F)c3)[C@@H](CO)O2)cc1F. The molecule has 2 N–H and O–H groups in total. The van der Waals surface area contributed by atoms with E-state index in [1.807, 2.05) is 4.98 Å². The number of aliphatic hydroxyl groups excluding tert-OH is 1. The van der Waals surface area contributed by atoms with Gasteiger partial charge < -0.3 is 14.6 Å². The molecule has 1 aliphatic rings. The Balaban J connectivity index is 1.73. The molecule has 2 aromatic rings. The Morgan fingerprint density at radius 2 is 2.16 bits per heavy atom. The van der Waals surface area contributed by atoms with E-state index in [-0.39, 0.29) is 19.6 Å². The molecular weight excluding hydrogens is 338 g/mol. The van der Waals surface area contributed by atoms with Crippen molar-refractivity contribution in [2.75, 3.05) is 6.61 Å². The van der Waals surface area contributed by atoms with Crippen LogP contribution in [0.2, 0.25) is 0 Å². The minimum Gasteiger partial charge on any atom is -0.394 e. The van der Waals surface area contributed by atoms with Gasteiger partial charge in [-0.3, -0.25) is 14.3 Å². The number of halogens is 2. The third kappa shape index (κ3) is 3.84. The average Bonchev–Trinajstić information content (AvgIpc) is 2.99. The molecule has 1 aromatic heterocycles. The molecule has 2 heterocycles. The topological polar surface area (TPSA) is 93.6 Å². The van der Waals surface area contributed by atoms with Crippen molar-refractivity contribution in [2.45, 2.75) is 31.5 Å². The van der Waals surface area contributed by atoms with Crippen LogP contribution in [0, 0.1) is 11.6 Å². The van der Waals surface area contributed by atoms with Crippen molar-refractivity contribution in [1.82, 2.24) is 9.55 Å². The Labute approximate surface area is 140 Å². The number of aromatic nitrogens is 2. The van der Waals surface area contributed by atoms with Crippen molar-refractivity contribution in [3.8, 4) is 0 Å². The molecule has 1 fully saturated rings. The number of aliphatic hydroxyl groups is 1. The fourth-order valence-corrected chi connectivity index (χ4v) is 2.72. The van der Waals surface area contributed by atoms with Gasteiger partial charge in [-0.2, -0.15) is 4.39 Å². The lowest BCUT2D eigenvalue weighted by Gasteiger charge is -2.16. The summed E-state index contributed by atoms with van der Waals surface area (Å²) in [6.07, 6.45) is -1.30. The molecule has 134 valence electrons. The summed E-state index contributed by atoms with van der Waals surface area (Å²) in [6.45, 7) is -0.283. The Hall–Kier alpha value is -2.36. The minimum atomic E-state index is -1.12. The number of hydrogen-bond acceptors (Lipinski definition) is 5. The number of hydrogen-bond donors (Lipinski definition) is 2. The molecular formula is C16H16F2N2O5. The van der Waals surface area contributed by atoms with Crippen molar-refractivity contribution >= 4 is 0 Å². The van der Waals surface area contributed by atoms with Crippen LogP contribution in [-0.2, 0) is 16.1 Å². The third-order valence-electron chi connectivity index (χ3n) is 3.95. The highest BCUT2D eigenvalue weighted by Crippen LogP contribution is 2.30. The van der Waals surface area contributed by atoms with E-state index in [9.17, 15) is 23.5 Å². The molecule has 1 aliphatic heterocycles. The largest absolute Gasteiger partial charge is 0.394 e. The minimum absolute atomic E-state index is 0.0872. The fourth-order valence-electron chi connectivity index (χ4n) is 2.72. The van der Waals surface area contributed by atoms with Crippen LogP contribution in [0.25, 0.3) is 0 Å². The van der Waals surface area contributed by atoms with Gasteiger partial charge in [-0.15, -0.1) is 0 Å². The van der Waals surface area contributed by atoms with Gasteiger partial charge in [0.15, 0.2) is 0 Å². The maximum atomic E-state index is 13.4. The zero-order valence-corrected chi connectivity index (χ0v) is 13.0. The maximum absolute atomic E-state index is 13.4. The molecule has 0 amide bonds. The summed E-state index contributed by atoms with van der Waals surface area (Å²) in [5.41, 5.74) is -1.33. The van der Waals surface area contributed by atoms with Gasteiger partial charge in [-0.1, -0.05) is 12.1 Å². The zero-order chi connectivity index (χ0) is 18.0. The molecule has 7 nitrogen and oxygen atoms in total. The molecule has 3 atom stereocenters. The Morgan fingerprint density at radius 1 is 1.36 bits per heavy atom. The van der Waals surface area contributed by atoms with Gasteiger partial charge in [0.2, 0.25) is 5.82 Å². The molecule has 25 heavy (non-hydrogen) atoms. The third-order valence-corrected chi connectivity index (χ3v) is 3.95. The summed E-state index contributed by atoms with van der Waals surface area (Å²) in [4.78, 5) is 24.8. The normalized spacial score (nSPS) is 23.1. The Kier molecular flexibility index (Phi) is 5.07. The van der Waals surface area contributed by atoms with Gasteiger partial charge in [0.05, 0.1) is 25.5 Å². The maximum Gasteiger partial charge on any atom is 0.330 e. The van der Waals surface area contributed by atoms with E-state index in [0.717, 1.165) is 10.8 Å². The quantitative estimate of drug-likeness (QED) is 0.824. The summed E-state index contributed by atoms with van der Waals surface area (Å²) >= 11 is 0. The zero-order valence-electron chi connectivity index (χ0n) is 13.0. The highest BCUT2D eigenvalue weighted by atomic mass is 19.1. The van der Waals surface area contributed by atoms with Crippen LogP contribution < -0.4 is 11.2 Å². The van der Waals surface area contributed by atoms with Gasteiger partial charge in [0.25, 0.3) is 5.56 Å². The summed E-state index contributed by atoms with van der Waals surface area (Å²) in [6, 6.07) is 5.87. The van der Waals surface area contributed by atoms with E-state index in [4.69, 9.17) is 9.47 Å². The molecule has 1 saturated heterocycles. The molecule has 0 bridgehead atoms. The highest BCUT2D eigenvalue weighted by Gasteiger charge is 2.37. The predicted octanol–water partition coefficient (Wildman–Crippen LogP) is 0.680. The first kappa shape index (κ1) is 17.5. The standard InChI is InChI=1S/C16H16F2N2O5/c17-10-3-1-2-9(4-10)8-24-12-5-14(25-13(12)7-21)20-6-11(18)15(22)19-16(20)23/h1-4,6,12-14,21H,5,7-8H2,(H,19,22,23)/t12-,13+,14+/m0/s1. The van der Waals surface area contributed by atoms with Crippen molar-refractivity contribution < 1.29 is 23.4 Å². The Morgan fingerprint density at radius 3 is 2.88 bits per heavy atom. The van der Waals surface area contributed by atoms with Crippen molar-refractivity contribution in [3.63, 3.8) is 0 Å². The molecule has 9 heteroatoms. The summed E-state index contributed by atoms with van der Waals surface area (Å²) in [5.74, 6) is -1.51. The summed E-state index contributed by atoms with van der Waals surface area (Å²) in [5, 5.41) is 9.43. The van der Waals surface area contributed by atoms with Crippen LogP contribution >= 0.6 is 0 Å². The van der Waals surface area contributed by atoms with Crippen LogP contribution in [0.1, 0.15) is 18.2 Å². The van der Waals surface area contributed by atoms with E-state index in [0.29, 0.717) is 5.56 Å². The van der Waals surface area contributed by atoms with Gasteiger partial charge in [-0.05, 0) is 17.7 Å². The smallest absolute Gasteiger partial charge is 0.330 e. The van der Waals surface area contributed by atoms with Gasteiger partial charge >= 0.3 is 5.69 Å². The second-order valence-corrected chi connectivity index (χ2v) is 5.67. The lowest BCUT2D eigenvalue weighted by molar-refractivity contribution is -0.0659. The van der Waals surface area contributed by atoms with E-state index in [2.05, 4.69) is 0 Å². The van der Waals surface area contributed by atoms with Crippen LogP contribution in [0.4, 0.5) is 8.78 Å². The molecule has 1 aromatic carbocycles. The summed E-state index contributed by atoms with van der Waals surface area (Å²) < 4.78 is 38.7. The molecule has 3 rings (SSSR count). The van der Waals surface area contributed by atoms with Gasteiger partial charge in [0.1, 0.15) is 18.1 Å².